The van der Waals surface area contributed by atoms with Gasteiger partial charge in [0.2, 0.25) is 0 Å². The molecule has 0 spiro atoms. The van der Waals surface area contributed by atoms with E-state index in [2.05, 4.69) is 18.9 Å². The van der Waals surface area contributed by atoms with Gasteiger partial charge in [0.25, 0.3) is 0 Å². The molecule has 0 fully saturated rings. The molecule has 0 N–H and O–H groups in total. The first-order chi connectivity index (χ1) is 5.38. The lowest BCUT2D eigenvalue weighted by molar-refractivity contribution is 0.919. The first kappa shape index (κ1) is 7.88. The van der Waals surface area contributed by atoms with Gasteiger partial charge in [0.05, 0.1) is 0 Å². The van der Waals surface area contributed by atoms with Crippen LogP contribution in [-0.4, -0.2) is 0 Å². The summed E-state index contributed by atoms with van der Waals surface area (Å²) in [5.41, 5.74) is 2.15. The molecule has 0 saturated carbocycles. The molecule has 0 nitrogen and oxygen atoms in total. The third kappa shape index (κ3) is 1.85. The molecule has 0 aliphatic carbocycles. The van der Waals surface area contributed by atoms with Crippen molar-refractivity contribution in [2.75, 3.05) is 0 Å². The molecule has 0 radical (unpaired) electrons. The van der Waals surface area contributed by atoms with Crippen LogP contribution in [-0.2, 0) is 6.42 Å². The molecule has 0 heteroatoms. The van der Waals surface area contributed by atoms with E-state index < -0.39 is 0 Å². The third-order valence-corrected chi connectivity index (χ3v) is 1.67. The maximum absolute atomic E-state index is 7.01. The molecule has 0 aliphatic heterocycles. The Labute approximate surface area is 68.3 Å². The van der Waals surface area contributed by atoms with Crippen LogP contribution in [0, 0.1) is 12.3 Å². The van der Waals surface area contributed by atoms with Crippen LogP contribution in [0.2, 0.25) is 0 Å². The Bertz CT molecular complexity index is 266. The average molecular weight is 143 g/mol. The van der Waals surface area contributed by atoms with Crippen LogP contribution in [0.15, 0.2) is 24.3 Å². The standard InChI is InChI=1S/C11H11/c1-3-7-11-9-6-5-8-10(11)4-2/h5-6,8-9H,3,7H2,1H3/q-1. The van der Waals surface area contributed by atoms with E-state index in [9.17, 15) is 0 Å². The zero-order valence-electron chi connectivity index (χ0n) is 6.72. The van der Waals surface area contributed by atoms with E-state index in [4.69, 9.17) is 6.42 Å². The Balaban J connectivity index is 2.95. The van der Waals surface area contributed by atoms with Crippen molar-refractivity contribution in [1.29, 1.82) is 0 Å². The van der Waals surface area contributed by atoms with Gasteiger partial charge in [-0.05, 0) is 6.42 Å². The second-order valence-electron chi connectivity index (χ2n) is 2.53. The van der Waals surface area contributed by atoms with Gasteiger partial charge in [-0.15, -0.1) is 17.2 Å². The molecule has 0 saturated heterocycles. The zero-order valence-corrected chi connectivity index (χ0v) is 6.72. The Morgan fingerprint density at radius 3 is 2.73 bits per heavy atom. The Hall–Kier alpha value is -1.22. The monoisotopic (exact) mass is 143 g/mol. The SMILES string of the molecule is [C-]#Cc1ccccc1CCC. The summed E-state index contributed by atoms with van der Waals surface area (Å²) < 4.78 is 0. The van der Waals surface area contributed by atoms with Crippen molar-refractivity contribution >= 4 is 0 Å². The molecule has 0 aromatic heterocycles. The quantitative estimate of drug-likeness (QED) is 0.441. The van der Waals surface area contributed by atoms with Gasteiger partial charge in [0, 0.05) is 0 Å². The number of hydrogen-bond donors (Lipinski definition) is 0. The molecule has 0 aliphatic rings. The molecule has 1 aromatic carbocycles. The predicted molar refractivity (Wildman–Crippen MR) is 46.7 cm³/mol. The molecule has 0 amide bonds. The first-order valence-corrected chi connectivity index (χ1v) is 3.89. The first-order valence-electron chi connectivity index (χ1n) is 3.89. The summed E-state index contributed by atoms with van der Waals surface area (Å²) in [6.45, 7) is 2.14. The van der Waals surface area contributed by atoms with Crippen LogP contribution in [0.5, 0.6) is 0 Å². The molecule has 1 aromatic rings. The van der Waals surface area contributed by atoms with Crippen LogP contribution in [0.1, 0.15) is 24.5 Å². The summed E-state index contributed by atoms with van der Waals surface area (Å²) in [5.74, 6) is 2.43. The van der Waals surface area contributed by atoms with Crippen molar-refractivity contribution in [2.45, 2.75) is 19.8 Å². The van der Waals surface area contributed by atoms with Crippen molar-refractivity contribution in [3.05, 3.63) is 41.8 Å². The Morgan fingerprint density at radius 2 is 2.09 bits per heavy atom. The van der Waals surface area contributed by atoms with Gasteiger partial charge >= 0.3 is 0 Å². The van der Waals surface area contributed by atoms with E-state index in [-0.39, 0.29) is 0 Å². The average Bonchev–Trinajstić information content (AvgIpc) is 2.06. The maximum atomic E-state index is 7.01. The van der Waals surface area contributed by atoms with Crippen LogP contribution in [0.25, 0.3) is 0 Å². The normalized spacial score (nSPS) is 9.09. The van der Waals surface area contributed by atoms with Crippen LogP contribution in [0.3, 0.4) is 0 Å². The Kier molecular flexibility index (Phi) is 2.74. The van der Waals surface area contributed by atoms with Crippen LogP contribution < -0.4 is 0 Å². The molecule has 0 atom stereocenters. The van der Waals surface area contributed by atoms with E-state index in [1.54, 1.807) is 0 Å². The lowest BCUT2D eigenvalue weighted by Gasteiger charge is -2.08. The highest BCUT2D eigenvalue weighted by molar-refractivity contribution is 5.38. The lowest BCUT2D eigenvalue weighted by atomic mass is 10.0. The van der Waals surface area contributed by atoms with Gasteiger partial charge in [0.1, 0.15) is 0 Å². The van der Waals surface area contributed by atoms with Gasteiger partial charge in [-0.3, -0.25) is 5.92 Å². The molecule has 56 valence electrons. The lowest BCUT2D eigenvalue weighted by Crippen LogP contribution is -1.87. The number of benzene rings is 1. The molecular formula is C11H11-. The minimum Gasteiger partial charge on any atom is -0.366 e. The topological polar surface area (TPSA) is 0 Å². The molecular weight excluding hydrogens is 132 g/mol. The van der Waals surface area contributed by atoms with Gasteiger partial charge in [0.15, 0.2) is 0 Å². The molecule has 1 rings (SSSR count). The minimum atomic E-state index is 0.925. The van der Waals surface area contributed by atoms with Crippen molar-refractivity contribution in [3.63, 3.8) is 0 Å². The van der Waals surface area contributed by atoms with Crippen molar-refractivity contribution in [3.8, 4) is 5.92 Å². The fourth-order valence-corrected chi connectivity index (χ4v) is 1.13. The smallest absolute Gasteiger partial charge is 0.0438 e. The second kappa shape index (κ2) is 3.83. The predicted octanol–water partition coefficient (Wildman–Crippen LogP) is 2.58. The summed E-state index contributed by atoms with van der Waals surface area (Å²) >= 11 is 0. The molecule has 0 heterocycles. The van der Waals surface area contributed by atoms with Gasteiger partial charge in [-0.25, -0.2) is 0 Å². The van der Waals surface area contributed by atoms with Crippen molar-refractivity contribution in [2.24, 2.45) is 0 Å². The molecule has 11 heavy (non-hydrogen) atoms. The minimum absolute atomic E-state index is 0.925. The number of rotatable bonds is 2. The molecule has 0 unspecified atom stereocenters. The number of hydrogen-bond acceptors (Lipinski definition) is 0. The van der Waals surface area contributed by atoms with E-state index in [0.29, 0.717) is 0 Å². The zero-order chi connectivity index (χ0) is 8.10. The highest BCUT2D eigenvalue weighted by atomic mass is 14.0. The summed E-state index contributed by atoms with van der Waals surface area (Å²) in [5, 5.41) is 0. The van der Waals surface area contributed by atoms with E-state index >= 15 is 0 Å². The van der Waals surface area contributed by atoms with E-state index in [0.717, 1.165) is 18.4 Å². The third-order valence-electron chi connectivity index (χ3n) is 1.67. The summed E-state index contributed by atoms with van der Waals surface area (Å²) in [6, 6.07) is 7.93. The maximum Gasteiger partial charge on any atom is -0.0438 e. The highest BCUT2D eigenvalue weighted by Crippen LogP contribution is 2.08. The van der Waals surface area contributed by atoms with E-state index in [1.165, 1.54) is 5.56 Å². The Morgan fingerprint density at radius 1 is 1.36 bits per heavy atom. The highest BCUT2D eigenvalue weighted by Gasteiger charge is 1.87. The summed E-state index contributed by atoms with van der Waals surface area (Å²) in [7, 11) is 0. The van der Waals surface area contributed by atoms with Gasteiger partial charge in [-0.1, -0.05) is 31.5 Å². The molecule has 0 bridgehead atoms. The van der Waals surface area contributed by atoms with Crippen LogP contribution >= 0.6 is 0 Å². The summed E-state index contributed by atoms with van der Waals surface area (Å²) in [6.07, 6.45) is 9.18. The van der Waals surface area contributed by atoms with Gasteiger partial charge < -0.3 is 6.42 Å². The fraction of sp³-hybridized carbons (Fsp3) is 0.273. The van der Waals surface area contributed by atoms with Crippen LogP contribution in [0.4, 0.5) is 0 Å². The fourth-order valence-electron chi connectivity index (χ4n) is 1.13. The van der Waals surface area contributed by atoms with E-state index in [1.807, 2.05) is 18.2 Å². The van der Waals surface area contributed by atoms with Gasteiger partial charge in [-0.2, -0.15) is 0 Å². The van der Waals surface area contributed by atoms with Crippen molar-refractivity contribution in [1.82, 2.24) is 0 Å². The number of aryl methyl sites for hydroxylation is 1. The second-order valence-corrected chi connectivity index (χ2v) is 2.53. The largest absolute Gasteiger partial charge is 0.366 e. The summed E-state index contributed by atoms with van der Waals surface area (Å²) in [4.78, 5) is 0. The van der Waals surface area contributed by atoms with Crippen molar-refractivity contribution < 1.29 is 0 Å².